The normalized spacial score (nSPS) is 20.4. The highest BCUT2D eigenvalue weighted by atomic mass is 32.2. The Kier molecular flexibility index (Phi) is 7.31. The summed E-state index contributed by atoms with van der Waals surface area (Å²) in [5, 5.41) is -0.471. The number of likely N-dealkylation sites (tertiary alicyclic amines) is 1. The predicted octanol–water partition coefficient (Wildman–Crippen LogP) is 3.68. The van der Waals surface area contributed by atoms with Gasteiger partial charge in [0.2, 0.25) is 5.91 Å². The molecule has 3 rings (SSSR count). The van der Waals surface area contributed by atoms with Gasteiger partial charge in [-0.1, -0.05) is 37.6 Å². The second kappa shape index (κ2) is 9.92. The summed E-state index contributed by atoms with van der Waals surface area (Å²) in [5.74, 6) is 1.74. The highest BCUT2D eigenvalue weighted by Crippen LogP contribution is 2.29. The molecular formula is C23H29NO4S. The van der Waals surface area contributed by atoms with Crippen molar-refractivity contribution in [1.82, 2.24) is 4.90 Å². The van der Waals surface area contributed by atoms with Crippen LogP contribution in [0.25, 0.3) is 0 Å². The Morgan fingerprint density at radius 1 is 1.07 bits per heavy atom. The summed E-state index contributed by atoms with van der Waals surface area (Å²) in [7, 11) is 1.90. The lowest BCUT2D eigenvalue weighted by Crippen LogP contribution is -2.50. The first kappa shape index (κ1) is 21.4. The highest BCUT2D eigenvalue weighted by molar-refractivity contribution is 7.86. The molecule has 2 aromatic carbocycles. The van der Waals surface area contributed by atoms with E-state index in [1.54, 1.807) is 14.2 Å². The summed E-state index contributed by atoms with van der Waals surface area (Å²) in [4.78, 5) is 15.7. The van der Waals surface area contributed by atoms with Crippen molar-refractivity contribution in [1.29, 1.82) is 0 Å². The maximum absolute atomic E-state index is 13.1. The molecule has 0 bridgehead atoms. The first-order valence-corrected chi connectivity index (χ1v) is 11.2. The molecule has 1 aliphatic rings. The molecular weight excluding hydrogens is 386 g/mol. The first-order chi connectivity index (χ1) is 14.1. The second-order valence-corrected chi connectivity index (χ2v) is 8.97. The highest BCUT2D eigenvalue weighted by Gasteiger charge is 2.37. The van der Waals surface area contributed by atoms with E-state index in [1.165, 1.54) is 0 Å². The van der Waals surface area contributed by atoms with Gasteiger partial charge in [-0.25, -0.2) is 0 Å². The van der Waals surface area contributed by atoms with E-state index in [1.807, 2.05) is 53.4 Å². The van der Waals surface area contributed by atoms with E-state index in [0.717, 1.165) is 23.4 Å². The van der Waals surface area contributed by atoms with Crippen LogP contribution >= 0.6 is 0 Å². The van der Waals surface area contributed by atoms with Crippen LogP contribution in [0.3, 0.4) is 0 Å². The summed E-state index contributed by atoms with van der Waals surface area (Å²) >= 11 is 0. The van der Waals surface area contributed by atoms with Crippen molar-refractivity contribution in [3.63, 3.8) is 0 Å². The number of benzene rings is 2. The van der Waals surface area contributed by atoms with Gasteiger partial charge in [0.25, 0.3) is 0 Å². The number of methoxy groups -OCH3 is 2. The Morgan fingerprint density at radius 3 is 2.45 bits per heavy atom. The van der Waals surface area contributed by atoms with E-state index in [4.69, 9.17) is 9.47 Å². The molecule has 29 heavy (non-hydrogen) atoms. The lowest BCUT2D eigenvalue weighted by Gasteiger charge is -2.36. The molecule has 0 spiro atoms. The average Bonchev–Trinajstić information content (AvgIpc) is 2.78. The van der Waals surface area contributed by atoms with Crippen LogP contribution in [0.1, 0.15) is 25.3 Å². The Morgan fingerprint density at radius 2 is 1.79 bits per heavy atom. The van der Waals surface area contributed by atoms with Gasteiger partial charge in [0.15, 0.2) is 11.5 Å². The van der Waals surface area contributed by atoms with E-state index >= 15 is 0 Å². The zero-order chi connectivity index (χ0) is 20.8. The van der Waals surface area contributed by atoms with Gasteiger partial charge in [0, 0.05) is 18.0 Å². The zero-order valence-electron chi connectivity index (χ0n) is 17.3. The molecule has 1 heterocycles. The number of carbonyl (C=O) groups excluding carboxylic acids is 1. The Hall–Kier alpha value is -2.34. The van der Waals surface area contributed by atoms with E-state index in [-0.39, 0.29) is 5.91 Å². The van der Waals surface area contributed by atoms with Gasteiger partial charge in [0.1, 0.15) is 5.25 Å². The largest absolute Gasteiger partial charge is 0.493 e. The van der Waals surface area contributed by atoms with Crippen molar-refractivity contribution < 1.29 is 18.5 Å². The zero-order valence-corrected chi connectivity index (χ0v) is 18.1. The average molecular weight is 416 g/mol. The molecule has 3 unspecified atom stereocenters. The minimum Gasteiger partial charge on any atom is -0.493 e. The molecule has 1 fully saturated rings. The Bertz CT molecular complexity index is 855. The van der Waals surface area contributed by atoms with Crippen molar-refractivity contribution in [3.05, 3.63) is 54.1 Å². The molecule has 0 aromatic heterocycles. The minimum atomic E-state index is -1.33. The number of hydrogen-bond acceptors (Lipinski definition) is 4. The third-order valence-electron chi connectivity index (χ3n) is 5.54. The van der Waals surface area contributed by atoms with Gasteiger partial charge in [0.05, 0.1) is 25.0 Å². The maximum atomic E-state index is 13.1. The van der Waals surface area contributed by atoms with Crippen molar-refractivity contribution >= 4 is 16.7 Å². The quantitative estimate of drug-likeness (QED) is 0.660. The van der Waals surface area contributed by atoms with Gasteiger partial charge in [-0.3, -0.25) is 9.00 Å². The molecule has 1 amide bonds. The predicted molar refractivity (Wildman–Crippen MR) is 115 cm³/mol. The van der Waals surface area contributed by atoms with Crippen LogP contribution in [0, 0.1) is 5.92 Å². The molecule has 156 valence electrons. The fraction of sp³-hybridized carbons (Fsp3) is 0.435. The van der Waals surface area contributed by atoms with Crippen molar-refractivity contribution in [2.75, 3.05) is 27.3 Å². The van der Waals surface area contributed by atoms with E-state index in [2.05, 4.69) is 6.92 Å². The summed E-state index contributed by atoms with van der Waals surface area (Å²) < 4.78 is 23.7. The standard InChI is InChI=1S/C23H29NO4S/c1-4-17-15-22(29(26)19-8-6-5-7-9-19)23(25)24(16-17)13-12-18-10-11-20(27-2)21(14-18)28-3/h5-11,14,17,22H,4,12-13,15-16H2,1-3H3. The van der Waals surface area contributed by atoms with E-state index in [0.29, 0.717) is 36.8 Å². The number of amides is 1. The SMILES string of the molecule is CCC1CC(S(=O)c2ccccc2)C(=O)N(CCc2ccc(OC)c(OC)c2)C1. The topological polar surface area (TPSA) is 55.8 Å². The third-order valence-corrected chi connectivity index (χ3v) is 7.19. The molecule has 6 heteroatoms. The number of piperidine rings is 1. The number of nitrogens with zero attached hydrogens (tertiary/aromatic N) is 1. The monoisotopic (exact) mass is 415 g/mol. The fourth-order valence-electron chi connectivity index (χ4n) is 3.78. The first-order valence-electron chi connectivity index (χ1n) is 10.0. The fourth-order valence-corrected chi connectivity index (χ4v) is 5.31. The third kappa shape index (κ3) is 4.99. The number of carbonyl (C=O) groups is 1. The van der Waals surface area contributed by atoms with Crippen LogP contribution < -0.4 is 9.47 Å². The molecule has 0 aliphatic carbocycles. The van der Waals surface area contributed by atoms with Gasteiger partial charge in [-0.05, 0) is 48.6 Å². The van der Waals surface area contributed by atoms with Gasteiger partial charge in [-0.15, -0.1) is 0 Å². The smallest absolute Gasteiger partial charge is 0.238 e. The summed E-state index contributed by atoms with van der Waals surface area (Å²) in [6, 6.07) is 15.1. The van der Waals surface area contributed by atoms with E-state index in [9.17, 15) is 9.00 Å². The number of rotatable bonds is 8. The summed E-state index contributed by atoms with van der Waals surface area (Å²) in [6.07, 6.45) is 2.37. The maximum Gasteiger partial charge on any atom is 0.238 e. The Balaban J connectivity index is 1.73. The van der Waals surface area contributed by atoms with Gasteiger partial charge < -0.3 is 14.4 Å². The van der Waals surface area contributed by atoms with Crippen molar-refractivity contribution in [2.45, 2.75) is 36.3 Å². The van der Waals surface area contributed by atoms with Crippen LogP contribution in [0.5, 0.6) is 11.5 Å². The summed E-state index contributed by atoms with van der Waals surface area (Å²) in [6.45, 7) is 3.47. The van der Waals surface area contributed by atoms with Crippen LogP contribution in [0.4, 0.5) is 0 Å². The Labute approximate surface area is 175 Å². The van der Waals surface area contributed by atoms with Crippen LogP contribution in [-0.4, -0.2) is 47.6 Å². The summed E-state index contributed by atoms with van der Waals surface area (Å²) in [5.41, 5.74) is 1.08. The second-order valence-electron chi connectivity index (χ2n) is 7.33. The molecule has 5 nitrogen and oxygen atoms in total. The van der Waals surface area contributed by atoms with Crippen LogP contribution in [0.2, 0.25) is 0 Å². The van der Waals surface area contributed by atoms with Crippen molar-refractivity contribution in [3.8, 4) is 11.5 Å². The van der Waals surface area contributed by atoms with Crippen LogP contribution in [0.15, 0.2) is 53.4 Å². The lowest BCUT2D eigenvalue weighted by atomic mass is 9.94. The van der Waals surface area contributed by atoms with Gasteiger partial charge >= 0.3 is 0 Å². The number of ether oxygens (including phenoxy) is 2. The molecule has 1 aliphatic heterocycles. The van der Waals surface area contributed by atoms with E-state index < -0.39 is 16.0 Å². The molecule has 0 N–H and O–H groups in total. The molecule has 1 saturated heterocycles. The minimum absolute atomic E-state index is 0.00244. The number of hydrogen-bond donors (Lipinski definition) is 0. The van der Waals surface area contributed by atoms with Gasteiger partial charge in [-0.2, -0.15) is 0 Å². The lowest BCUT2D eigenvalue weighted by molar-refractivity contribution is -0.134. The molecule has 3 atom stereocenters. The molecule has 2 aromatic rings. The van der Waals surface area contributed by atoms with Crippen LogP contribution in [-0.2, 0) is 22.0 Å². The molecule has 0 saturated carbocycles. The molecule has 0 radical (unpaired) electrons. The van der Waals surface area contributed by atoms with Crippen molar-refractivity contribution in [2.24, 2.45) is 5.92 Å².